The number of rotatable bonds is 8. The summed E-state index contributed by atoms with van der Waals surface area (Å²) < 4.78 is 0. The molecule has 0 bridgehead atoms. The first-order valence-electron chi connectivity index (χ1n) is 6.77. The molecule has 2 N–H and O–H groups in total. The minimum Gasteiger partial charge on any atom is -0.388 e. The molecule has 1 amide bonds. The van der Waals surface area contributed by atoms with Gasteiger partial charge in [0.1, 0.15) is 0 Å². The van der Waals surface area contributed by atoms with Crippen LogP contribution in [0.2, 0.25) is 0 Å². The normalized spacial score (nSPS) is 12.4. The molecular formula is C15H23NO2S. The summed E-state index contributed by atoms with van der Waals surface area (Å²) in [5.74, 6) is 1.000. The zero-order valence-corrected chi connectivity index (χ0v) is 12.5. The van der Waals surface area contributed by atoms with Gasteiger partial charge in [0.05, 0.1) is 11.9 Å². The Morgan fingerprint density at radius 3 is 2.47 bits per heavy atom. The van der Waals surface area contributed by atoms with E-state index in [2.05, 4.69) is 19.2 Å². The fourth-order valence-corrected chi connectivity index (χ4v) is 2.60. The van der Waals surface area contributed by atoms with Crippen molar-refractivity contribution in [3.8, 4) is 0 Å². The minimum absolute atomic E-state index is 0.0546. The Hall–Kier alpha value is -1.00. The molecule has 4 heteroatoms. The van der Waals surface area contributed by atoms with E-state index in [1.165, 1.54) is 11.8 Å². The number of amides is 1. The number of thioether (sulfide) groups is 1. The van der Waals surface area contributed by atoms with E-state index in [0.29, 0.717) is 11.5 Å². The maximum Gasteiger partial charge on any atom is 0.230 e. The van der Waals surface area contributed by atoms with Gasteiger partial charge >= 0.3 is 0 Å². The van der Waals surface area contributed by atoms with Crippen LogP contribution >= 0.6 is 11.8 Å². The minimum atomic E-state index is -0.507. The second kappa shape index (κ2) is 8.99. The Morgan fingerprint density at radius 1 is 1.26 bits per heavy atom. The SMILES string of the molecule is CCC(CC)NC(=O)CSCC(O)c1ccccc1. The first-order chi connectivity index (χ1) is 9.17. The molecule has 1 atom stereocenters. The molecule has 1 aromatic rings. The average Bonchev–Trinajstić information content (AvgIpc) is 2.45. The lowest BCUT2D eigenvalue weighted by atomic mass is 10.1. The quantitative estimate of drug-likeness (QED) is 0.770. The molecule has 19 heavy (non-hydrogen) atoms. The van der Waals surface area contributed by atoms with Crippen LogP contribution in [0.1, 0.15) is 38.4 Å². The first-order valence-corrected chi connectivity index (χ1v) is 7.92. The summed E-state index contributed by atoms with van der Waals surface area (Å²) >= 11 is 1.47. The molecule has 0 fully saturated rings. The summed E-state index contributed by atoms with van der Waals surface area (Å²) in [5.41, 5.74) is 0.899. The van der Waals surface area contributed by atoms with Gasteiger partial charge in [0.15, 0.2) is 0 Å². The highest BCUT2D eigenvalue weighted by atomic mass is 32.2. The van der Waals surface area contributed by atoms with Crippen molar-refractivity contribution in [3.63, 3.8) is 0 Å². The van der Waals surface area contributed by atoms with Gasteiger partial charge in [-0.3, -0.25) is 4.79 Å². The van der Waals surface area contributed by atoms with Crippen molar-refractivity contribution in [2.45, 2.75) is 38.8 Å². The van der Waals surface area contributed by atoms with Crippen molar-refractivity contribution in [3.05, 3.63) is 35.9 Å². The van der Waals surface area contributed by atoms with E-state index in [4.69, 9.17) is 0 Å². The summed E-state index contributed by atoms with van der Waals surface area (Å²) in [5, 5.41) is 12.9. The Balaban J connectivity index is 2.25. The van der Waals surface area contributed by atoms with Crippen LogP contribution in [0.25, 0.3) is 0 Å². The van der Waals surface area contributed by atoms with Gasteiger partial charge in [-0.15, -0.1) is 11.8 Å². The molecule has 106 valence electrons. The molecular weight excluding hydrogens is 258 g/mol. The van der Waals surface area contributed by atoms with Crippen molar-refractivity contribution >= 4 is 17.7 Å². The van der Waals surface area contributed by atoms with Gasteiger partial charge in [0.25, 0.3) is 0 Å². The van der Waals surface area contributed by atoms with Crippen LogP contribution in [0.3, 0.4) is 0 Å². The summed E-state index contributed by atoms with van der Waals surface area (Å²) in [7, 11) is 0. The van der Waals surface area contributed by atoms with E-state index in [1.54, 1.807) is 0 Å². The number of aliphatic hydroxyl groups is 1. The van der Waals surface area contributed by atoms with Crippen LogP contribution in [0.4, 0.5) is 0 Å². The Morgan fingerprint density at radius 2 is 1.89 bits per heavy atom. The Bertz CT molecular complexity index is 366. The molecule has 0 spiro atoms. The monoisotopic (exact) mass is 281 g/mol. The summed E-state index contributed by atoms with van der Waals surface area (Å²) in [4.78, 5) is 11.7. The molecule has 1 rings (SSSR count). The number of carbonyl (C=O) groups is 1. The second-order valence-electron chi connectivity index (χ2n) is 4.52. The molecule has 0 aliphatic rings. The fraction of sp³-hybridized carbons (Fsp3) is 0.533. The van der Waals surface area contributed by atoms with Crippen molar-refractivity contribution in [2.75, 3.05) is 11.5 Å². The Kier molecular flexibility index (Phi) is 7.60. The van der Waals surface area contributed by atoms with Crippen molar-refractivity contribution in [1.29, 1.82) is 0 Å². The van der Waals surface area contributed by atoms with Crippen molar-refractivity contribution in [1.82, 2.24) is 5.32 Å². The summed E-state index contributed by atoms with van der Waals surface area (Å²) in [6.07, 6.45) is 1.41. The summed E-state index contributed by atoms with van der Waals surface area (Å²) in [6, 6.07) is 9.80. The van der Waals surface area contributed by atoms with E-state index in [1.807, 2.05) is 30.3 Å². The summed E-state index contributed by atoms with van der Waals surface area (Å²) in [6.45, 7) is 4.14. The van der Waals surface area contributed by atoms with Crippen LogP contribution < -0.4 is 5.32 Å². The first kappa shape index (κ1) is 16.1. The third-order valence-electron chi connectivity index (χ3n) is 3.04. The second-order valence-corrected chi connectivity index (χ2v) is 5.55. The van der Waals surface area contributed by atoms with Crippen molar-refractivity contribution < 1.29 is 9.90 Å². The zero-order chi connectivity index (χ0) is 14.1. The highest BCUT2D eigenvalue weighted by molar-refractivity contribution is 7.99. The number of aliphatic hydroxyl groups excluding tert-OH is 1. The van der Waals surface area contributed by atoms with E-state index < -0.39 is 6.10 Å². The van der Waals surface area contributed by atoms with E-state index in [9.17, 15) is 9.90 Å². The highest BCUT2D eigenvalue weighted by Gasteiger charge is 2.11. The maximum absolute atomic E-state index is 11.7. The predicted octanol–water partition coefficient (Wildman–Crippen LogP) is 2.76. The predicted molar refractivity (Wildman–Crippen MR) is 81.2 cm³/mol. The fourth-order valence-electron chi connectivity index (χ4n) is 1.80. The lowest BCUT2D eigenvalue weighted by Gasteiger charge is -2.15. The molecule has 3 nitrogen and oxygen atoms in total. The number of benzene rings is 1. The number of hydrogen-bond donors (Lipinski definition) is 2. The molecule has 0 aliphatic heterocycles. The van der Waals surface area contributed by atoms with Gasteiger partial charge in [-0.25, -0.2) is 0 Å². The van der Waals surface area contributed by atoms with Gasteiger partial charge in [0, 0.05) is 11.8 Å². The van der Waals surface area contributed by atoms with E-state index in [0.717, 1.165) is 18.4 Å². The molecule has 0 saturated carbocycles. The molecule has 0 radical (unpaired) electrons. The Labute approximate surface area is 119 Å². The molecule has 0 saturated heterocycles. The zero-order valence-electron chi connectivity index (χ0n) is 11.6. The van der Waals surface area contributed by atoms with Gasteiger partial charge in [-0.05, 0) is 18.4 Å². The van der Waals surface area contributed by atoms with Gasteiger partial charge in [-0.1, -0.05) is 44.2 Å². The van der Waals surface area contributed by atoms with Crippen LogP contribution in [0, 0.1) is 0 Å². The number of hydrogen-bond acceptors (Lipinski definition) is 3. The van der Waals surface area contributed by atoms with Crippen molar-refractivity contribution in [2.24, 2.45) is 0 Å². The topological polar surface area (TPSA) is 49.3 Å². The van der Waals surface area contributed by atoms with Crippen LogP contribution in [-0.2, 0) is 4.79 Å². The molecule has 1 aromatic carbocycles. The largest absolute Gasteiger partial charge is 0.388 e. The van der Waals surface area contributed by atoms with Crippen LogP contribution in [0.5, 0.6) is 0 Å². The third-order valence-corrected chi connectivity index (χ3v) is 4.06. The third kappa shape index (κ3) is 6.12. The number of carbonyl (C=O) groups excluding carboxylic acids is 1. The smallest absolute Gasteiger partial charge is 0.230 e. The molecule has 1 unspecified atom stereocenters. The molecule has 0 aliphatic carbocycles. The lowest BCUT2D eigenvalue weighted by Crippen LogP contribution is -2.35. The van der Waals surface area contributed by atoms with Crippen LogP contribution in [-0.4, -0.2) is 28.6 Å². The van der Waals surface area contributed by atoms with E-state index >= 15 is 0 Å². The average molecular weight is 281 g/mol. The standard InChI is InChI=1S/C15H23NO2S/c1-3-13(4-2)16-15(18)11-19-10-14(17)12-8-6-5-7-9-12/h5-9,13-14,17H,3-4,10-11H2,1-2H3,(H,16,18). The van der Waals surface area contributed by atoms with Gasteiger partial charge < -0.3 is 10.4 Å². The molecule has 0 aromatic heterocycles. The highest BCUT2D eigenvalue weighted by Crippen LogP contribution is 2.17. The molecule has 0 heterocycles. The maximum atomic E-state index is 11.7. The van der Waals surface area contributed by atoms with Gasteiger partial charge in [-0.2, -0.15) is 0 Å². The number of nitrogens with one attached hydrogen (secondary N) is 1. The van der Waals surface area contributed by atoms with Crippen LogP contribution in [0.15, 0.2) is 30.3 Å². The van der Waals surface area contributed by atoms with E-state index in [-0.39, 0.29) is 11.9 Å². The lowest BCUT2D eigenvalue weighted by molar-refractivity contribution is -0.119. The van der Waals surface area contributed by atoms with Gasteiger partial charge in [0.2, 0.25) is 5.91 Å².